The third-order valence-electron chi connectivity index (χ3n) is 2.05. The first kappa shape index (κ1) is 12.4. The molecule has 0 bridgehead atoms. The first-order valence-electron chi connectivity index (χ1n) is 4.38. The summed E-state index contributed by atoms with van der Waals surface area (Å²) in [7, 11) is -3.44. The molecule has 0 radical (unpaired) electrons. The molecule has 86 valence electrons. The molecule has 6 heteroatoms. The lowest BCUT2D eigenvalue weighted by Gasteiger charge is -2.04. The molecule has 0 saturated carbocycles. The highest BCUT2D eigenvalue weighted by Gasteiger charge is 2.18. The van der Waals surface area contributed by atoms with Crippen molar-refractivity contribution < 1.29 is 13.3 Å². The summed E-state index contributed by atoms with van der Waals surface area (Å²) in [5.41, 5.74) is 0.625. The molecule has 0 aliphatic carbocycles. The lowest BCUT2D eigenvalue weighted by molar-refractivity contribution is -0.385. The molecule has 16 heavy (non-hydrogen) atoms. The maximum Gasteiger partial charge on any atom is 0.278 e. The van der Waals surface area contributed by atoms with Gasteiger partial charge in [-0.3, -0.25) is 10.1 Å². The van der Waals surface area contributed by atoms with Crippen LogP contribution in [-0.4, -0.2) is 19.6 Å². The number of nitro groups is 1. The fourth-order valence-corrected chi connectivity index (χ4v) is 1.89. The topological polar surface area (TPSA) is 77.3 Å². The molecule has 0 atom stereocenters. The number of hydrogen-bond donors (Lipinski definition) is 0. The van der Waals surface area contributed by atoms with Crippen molar-refractivity contribution >= 4 is 21.1 Å². The molecule has 0 amide bonds. The van der Waals surface area contributed by atoms with Crippen molar-refractivity contribution in [2.45, 2.75) is 11.8 Å². The van der Waals surface area contributed by atoms with Crippen molar-refractivity contribution in [1.29, 1.82) is 0 Å². The molecule has 0 spiro atoms. The van der Waals surface area contributed by atoms with Crippen LogP contribution in [-0.2, 0) is 9.84 Å². The largest absolute Gasteiger partial charge is 0.278 e. The maximum atomic E-state index is 11.2. The SMILES string of the molecule is C=C(C)c1ccc(S(C)(=O)=O)cc1[N+](=O)[O-]. The van der Waals surface area contributed by atoms with Gasteiger partial charge in [0.25, 0.3) is 5.69 Å². The Hall–Kier alpha value is -1.69. The van der Waals surface area contributed by atoms with E-state index in [1.165, 1.54) is 12.1 Å². The van der Waals surface area contributed by atoms with Crippen molar-refractivity contribution in [3.05, 3.63) is 40.5 Å². The van der Waals surface area contributed by atoms with Gasteiger partial charge in [0, 0.05) is 12.3 Å². The summed E-state index contributed by atoms with van der Waals surface area (Å²) < 4.78 is 22.5. The minimum Gasteiger partial charge on any atom is -0.258 e. The summed E-state index contributed by atoms with van der Waals surface area (Å²) in [6.45, 7) is 5.23. The first-order valence-corrected chi connectivity index (χ1v) is 6.27. The predicted molar refractivity (Wildman–Crippen MR) is 60.9 cm³/mol. The van der Waals surface area contributed by atoms with Crippen LogP contribution in [0.2, 0.25) is 0 Å². The van der Waals surface area contributed by atoms with Gasteiger partial charge in [-0.05, 0) is 24.6 Å². The van der Waals surface area contributed by atoms with Gasteiger partial charge in [-0.25, -0.2) is 8.42 Å². The molecule has 5 nitrogen and oxygen atoms in total. The van der Waals surface area contributed by atoms with Crippen molar-refractivity contribution in [3.63, 3.8) is 0 Å². The van der Waals surface area contributed by atoms with E-state index in [-0.39, 0.29) is 10.6 Å². The normalized spacial score (nSPS) is 11.1. The molecule has 0 unspecified atom stereocenters. The summed E-state index contributed by atoms with van der Waals surface area (Å²) in [5, 5.41) is 10.8. The van der Waals surface area contributed by atoms with E-state index >= 15 is 0 Å². The minimum atomic E-state index is -3.44. The molecule has 0 aliphatic rings. The minimum absolute atomic E-state index is 0.0656. The van der Waals surface area contributed by atoms with E-state index < -0.39 is 14.8 Å². The monoisotopic (exact) mass is 241 g/mol. The molecule has 0 heterocycles. The van der Waals surface area contributed by atoms with Crippen LogP contribution in [0.3, 0.4) is 0 Å². The summed E-state index contributed by atoms with van der Waals surface area (Å²) in [5.74, 6) is 0. The van der Waals surface area contributed by atoms with Crippen LogP contribution < -0.4 is 0 Å². The summed E-state index contributed by atoms with van der Waals surface area (Å²) in [6, 6.07) is 3.79. The van der Waals surface area contributed by atoms with Gasteiger partial charge in [0.15, 0.2) is 9.84 Å². The molecule has 0 saturated heterocycles. The second-order valence-corrected chi connectivity index (χ2v) is 5.50. The number of allylic oxidation sites excluding steroid dienone is 1. The molecular formula is C10H11NO4S. The average Bonchev–Trinajstić information content (AvgIpc) is 2.15. The second kappa shape index (κ2) is 4.05. The van der Waals surface area contributed by atoms with Gasteiger partial charge in [-0.2, -0.15) is 0 Å². The lowest BCUT2D eigenvalue weighted by Crippen LogP contribution is -2.00. The number of rotatable bonds is 3. The number of nitro benzene ring substituents is 1. The Kier molecular flexibility index (Phi) is 3.14. The van der Waals surface area contributed by atoms with E-state index in [0.29, 0.717) is 11.1 Å². The zero-order valence-electron chi connectivity index (χ0n) is 8.93. The van der Waals surface area contributed by atoms with Crippen LogP contribution in [0, 0.1) is 10.1 Å². The Labute approximate surface area is 93.5 Å². The van der Waals surface area contributed by atoms with Crippen molar-refractivity contribution in [1.82, 2.24) is 0 Å². The molecule has 1 aromatic rings. The Morgan fingerprint density at radius 3 is 2.38 bits per heavy atom. The Morgan fingerprint density at radius 1 is 1.44 bits per heavy atom. The molecule has 1 aromatic carbocycles. The van der Waals surface area contributed by atoms with Crippen LogP contribution >= 0.6 is 0 Å². The first-order chi connectivity index (χ1) is 7.23. The summed E-state index contributed by atoms with van der Waals surface area (Å²) in [4.78, 5) is 10.1. The highest BCUT2D eigenvalue weighted by Crippen LogP contribution is 2.27. The molecule has 0 aromatic heterocycles. The zero-order chi connectivity index (χ0) is 12.5. The van der Waals surface area contributed by atoms with Crippen molar-refractivity contribution in [2.75, 3.05) is 6.26 Å². The average molecular weight is 241 g/mol. The van der Waals surface area contributed by atoms with E-state index in [0.717, 1.165) is 12.3 Å². The van der Waals surface area contributed by atoms with Crippen molar-refractivity contribution in [3.8, 4) is 0 Å². The van der Waals surface area contributed by atoms with E-state index in [2.05, 4.69) is 6.58 Å². The molecular weight excluding hydrogens is 230 g/mol. The van der Waals surface area contributed by atoms with Gasteiger partial charge < -0.3 is 0 Å². The molecule has 1 rings (SSSR count). The molecule has 0 fully saturated rings. The molecule has 0 N–H and O–H groups in total. The van der Waals surface area contributed by atoms with Gasteiger partial charge in [0.2, 0.25) is 0 Å². The fraction of sp³-hybridized carbons (Fsp3) is 0.200. The third kappa shape index (κ3) is 2.46. The molecule has 0 aliphatic heterocycles. The fourth-order valence-electron chi connectivity index (χ4n) is 1.25. The van der Waals surface area contributed by atoms with E-state index in [1.807, 2.05) is 0 Å². The quantitative estimate of drug-likeness (QED) is 0.599. The van der Waals surface area contributed by atoms with Crippen molar-refractivity contribution in [2.24, 2.45) is 0 Å². The Balaban J connectivity index is 3.52. The smallest absolute Gasteiger partial charge is 0.258 e. The Morgan fingerprint density at radius 2 is 2.00 bits per heavy atom. The second-order valence-electron chi connectivity index (χ2n) is 3.49. The number of sulfone groups is 1. The summed E-state index contributed by atoms with van der Waals surface area (Å²) in [6.07, 6.45) is 1.01. The standard InChI is InChI=1S/C10H11NO4S/c1-7(2)9-5-4-8(16(3,14)15)6-10(9)11(12)13/h4-6H,1H2,2-3H3. The van der Waals surface area contributed by atoms with Crippen LogP contribution in [0.5, 0.6) is 0 Å². The van der Waals surface area contributed by atoms with E-state index in [9.17, 15) is 18.5 Å². The van der Waals surface area contributed by atoms with Crippen LogP contribution in [0.1, 0.15) is 12.5 Å². The number of nitrogens with zero attached hydrogens (tertiary/aromatic N) is 1. The van der Waals surface area contributed by atoms with Crippen LogP contribution in [0.4, 0.5) is 5.69 Å². The third-order valence-corrected chi connectivity index (χ3v) is 3.16. The zero-order valence-corrected chi connectivity index (χ0v) is 9.74. The van der Waals surface area contributed by atoms with Gasteiger partial charge in [0.1, 0.15) is 0 Å². The van der Waals surface area contributed by atoms with Gasteiger partial charge in [-0.15, -0.1) is 0 Å². The van der Waals surface area contributed by atoms with Gasteiger partial charge in [0.05, 0.1) is 15.4 Å². The highest BCUT2D eigenvalue weighted by molar-refractivity contribution is 7.90. The Bertz CT molecular complexity index is 560. The highest BCUT2D eigenvalue weighted by atomic mass is 32.2. The van der Waals surface area contributed by atoms with Crippen LogP contribution in [0.25, 0.3) is 5.57 Å². The number of hydrogen-bond acceptors (Lipinski definition) is 4. The summed E-state index contributed by atoms with van der Waals surface area (Å²) >= 11 is 0. The van der Waals surface area contributed by atoms with Gasteiger partial charge in [-0.1, -0.05) is 6.58 Å². The lowest BCUT2D eigenvalue weighted by atomic mass is 10.1. The van der Waals surface area contributed by atoms with E-state index in [1.54, 1.807) is 6.92 Å². The number of benzene rings is 1. The predicted octanol–water partition coefficient (Wildman–Crippen LogP) is 2.03. The maximum absolute atomic E-state index is 11.2. The van der Waals surface area contributed by atoms with Gasteiger partial charge >= 0.3 is 0 Å². The van der Waals surface area contributed by atoms with Crippen LogP contribution in [0.15, 0.2) is 29.7 Å². The van der Waals surface area contributed by atoms with E-state index in [4.69, 9.17) is 0 Å².